The summed E-state index contributed by atoms with van der Waals surface area (Å²) in [6.45, 7) is 5.60. The van der Waals surface area contributed by atoms with Crippen molar-refractivity contribution >= 4 is 28.1 Å². The lowest BCUT2D eigenvalue weighted by atomic mass is 10.0. The summed E-state index contributed by atoms with van der Waals surface area (Å²) < 4.78 is 21.0. The molecule has 6 N–H and O–H groups in total. The molecule has 10 heteroatoms. The third-order valence-electron chi connectivity index (χ3n) is 6.42. The van der Waals surface area contributed by atoms with Crippen LogP contribution >= 0.6 is 10.6 Å². The number of rotatable bonds is 5. The monoisotopic (exact) mass is 474 g/mol. The third kappa shape index (κ3) is 4.44. The summed E-state index contributed by atoms with van der Waals surface area (Å²) in [5.41, 5.74) is 3.91. The number of hydrogen-bond acceptors (Lipinski definition) is 7. The predicted octanol–water partition coefficient (Wildman–Crippen LogP) is 2.42. The summed E-state index contributed by atoms with van der Waals surface area (Å²) in [6, 6.07) is 14.2. The van der Waals surface area contributed by atoms with Crippen LogP contribution in [-0.4, -0.2) is 56.6 Å². The van der Waals surface area contributed by atoms with Crippen molar-refractivity contribution in [1.82, 2.24) is 16.1 Å². The van der Waals surface area contributed by atoms with Gasteiger partial charge in [-0.05, 0) is 43.7 Å². The van der Waals surface area contributed by atoms with Crippen molar-refractivity contribution in [3.63, 3.8) is 0 Å². The molecule has 2 aromatic carbocycles. The second-order valence-electron chi connectivity index (χ2n) is 9.15. The molecule has 0 radical (unpaired) electrons. The van der Waals surface area contributed by atoms with Crippen molar-refractivity contribution in [3.05, 3.63) is 59.7 Å². The molecular weight excluding hydrogens is 444 g/mol. The number of para-hydroxylation sites is 1. The predicted molar refractivity (Wildman–Crippen MR) is 127 cm³/mol. The van der Waals surface area contributed by atoms with Gasteiger partial charge in [0.05, 0.1) is 27.3 Å². The number of carbonyl (C=O) groups excluding carboxylic acids is 2. The molecule has 0 aromatic heterocycles. The van der Waals surface area contributed by atoms with Crippen LogP contribution in [0.15, 0.2) is 53.4 Å². The Labute approximate surface area is 194 Å². The molecule has 4 rings (SSSR count). The molecule has 2 aliphatic rings. The van der Waals surface area contributed by atoms with E-state index in [1.165, 1.54) is 0 Å². The topological polar surface area (TPSA) is 134 Å². The zero-order valence-electron chi connectivity index (χ0n) is 18.6. The number of anilines is 1. The van der Waals surface area contributed by atoms with E-state index in [0.717, 1.165) is 11.3 Å². The lowest BCUT2D eigenvalue weighted by Gasteiger charge is -2.54. The maximum Gasteiger partial charge on any atom is 0.251 e. The average Bonchev–Trinajstić information content (AvgIpc) is 3.25. The van der Waals surface area contributed by atoms with Crippen LogP contribution in [0.2, 0.25) is 0 Å². The van der Waals surface area contributed by atoms with E-state index in [-0.39, 0.29) is 5.91 Å². The zero-order valence-corrected chi connectivity index (χ0v) is 19.4. The number of hydrogen-bond donors (Lipinski definition) is 6. The van der Waals surface area contributed by atoms with Crippen LogP contribution in [0, 0.1) is 5.92 Å². The van der Waals surface area contributed by atoms with Gasteiger partial charge in [0, 0.05) is 31.7 Å². The van der Waals surface area contributed by atoms with E-state index in [9.17, 15) is 18.7 Å². The molecular formula is C23H30N4O5S. The normalized spacial score (nSPS) is 24.0. The van der Waals surface area contributed by atoms with Crippen molar-refractivity contribution in [2.24, 2.45) is 5.92 Å². The Kier molecular flexibility index (Phi) is 6.39. The van der Waals surface area contributed by atoms with E-state index in [2.05, 4.69) is 15.5 Å². The summed E-state index contributed by atoms with van der Waals surface area (Å²) in [7, 11) is -2.93. The van der Waals surface area contributed by atoms with Crippen molar-refractivity contribution in [2.45, 2.75) is 36.1 Å². The first-order chi connectivity index (χ1) is 15.6. The standard InChI is InChI=1S/C23H30N4O5S/c1-23(2)14-27(19-5-3-4-6-20(19)33(23,31)32)13-15-7-9-16(10-8-15)21(28)25-18-12-24-11-17(18)22(29)26-30/h3-10,17-18,24,30-32H,11-14H2,1-2H3,(H,25,28)(H,26,29)/t17-,18+/m0/s1. The van der Waals surface area contributed by atoms with Crippen molar-refractivity contribution in [2.75, 3.05) is 24.5 Å². The molecule has 2 aromatic rings. The highest BCUT2D eigenvalue weighted by molar-refractivity contribution is 8.25. The van der Waals surface area contributed by atoms with E-state index >= 15 is 0 Å². The molecule has 0 unspecified atom stereocenters. The number of hydroxylamine groups is 1. The molecule has 2 atom stereocenters. The Hall–Kier alpha value is -2.63. The van der Waals surface area contributed by atoms with Crippen LogP contribution in [-0.2, 0) is 11.3 Å². The molecule has 2 aliphatic heterocycles. The second kappa shape index (κ2) is 8.96. The Bertz CT molecular complexity index is 1040. The Morgan fingerprint density at radius 1 is 1.12 bits per heavy atom. The van der Waals surface area contributed by atoms with Gasteiger partial charge < -0.3 is 15.5 Å². The molecule has 1 saturated heterocycles. The number of carbonyl (C=O) groups is 2. The highest BCUT2D eigenvalue weighted by Gasteiger charge is 2.43. The molecule has 0 spiro atoms. The van der Waals surface area contributed by atoms with Crippen LogP contribution in [0.25, 0.3) is 0 Å². The fourth-order valence-corrected chi connectivity index (χ4v) is 6.14. The summed E-state index contributed by atoms with van der Waals surface area (Å²) in [4.78, 5) is 27.1. The first-order valence-corrected chi connectivity index (χ1v) is 12.3. The van der Waals surface area contributed by atoms with Gasteiger partial charge >= 0.3 is 0 Å². The van der Waals surface area contributed by atoms with E-state index in [4.69, 9.17) is 5.21 Å². The largest absolute Gasteiger partial charge is 0.364 e. The molecule has 33 heavy (non-hydrogen) atoms. The molecule has 0 aliphatic carbocycles. The Balaban J connectivity index is 1.47. The van der Waals surface area contributed by atoms with Gasteiger partial charge in [-0.25, -0.2) is 5.48 Å². The molecule has 2 amide bonds. The SMILES string of the molecule is CC1(C)CN(Cc2ccc(C(=O)N[C@@H]3CNC[C@@H]3C(=O)NO)cc2)c2ccccc2S1(O)O. The minimum absolute atomic E-state index is 0.288. The lowest BCUT2D eigenvalue weighted by Crippen LogP contribution is -2.46. The molecule has 2 heterocycles. The van der Waals surface area contributed by atoms with Gasteiger partial charge in [-0.2, -0.15) is 10.6 Å². The third-order valence-corrected chi connectivity index (χ3v) is 9.05. The smallest absolute Gasteiger partial charge is 0.251 e. The lowest BCUT2D eigenvalue weighted by molar-refractivity contribution is -0.133. The Morgan fingerprint density at radius 3 is 2.52 bits per heavy atom. The number of benzene rings is 2. The molecule has 178 valence electrons. The van der Waals surface area contributed by atoms with Gasteiger partial charge in [0.2, 0.25) is 5.91 Å². The first kappa shape index (κ1) is 23.5. The minimum atomic E-state index is -2.93. The number of fused-ring (bicyclic) bond motifs is 1. The maximum atomic E-state index is 12.7. The van der Waals surface area contributed by atoms with E-state index in [1.807, 2.05) is 44.2 Å². The van der Waals surface area contributed by atoms with Crippen LogP contribution in [0.5, 0.6) is 0 Å². The van der Waals surface area contributed by atoms with Gasteiger partial charge in [-0.3, -0.25) is 23.9 Å². The average molecular weight is 475 g/mol. The first-order valence-electron chi connectivity index (χ1n) is 10.8. The molecule has 1 fully saturated rings. The zero-order chi connectivity index (χ0) is 23.8. The van der Waals surface area contributed by atoms with Crippen LogP contribution < -0.4 is 21.0 Å². The van der Waals surface area contributed by atoms with Crippen LogP contribution in [0.4, 0.5) is 5.69 Å². The van der Waals surface area contributed by atoms with Gasteiger partial charge in [-0.1, -0.05) is 24.3 Å². The number of nitrogens with zero attached hydrogens (tertiary/aromatic N) is 1. The van der Waals surface area contributed by atoms with Gasteiger partial charge in [0.15, 0.2) is 0 Å². The second-order valence-corrected chi connectivity index (χ2v) is 11.8. The molecule has 0 saturated carbocycles. The van der Waals surface area contributed by atoms with E-state index in [0.29, 0.717) is 36.6 Å². The van der Waals surface area contributed by atoms with E-state index in [1.54, 1.807) is 23.7 Å². The number of nitrogens with one attached hydrogen (secondary N) is 3. The van der Waals surface area contributed by atoms with E-state index < -0.39 is 33.2 Å². The molecule has 0 bridgehead atoms. The minimum Gasteiger partial charge on any atom is -0.364 e. The summed E-state index contributed by atoms with van der Waals surface area (Å²) >= 11 is 0. The van der Waals surface area contributed by atoms with Gasteiger partial charge in [0.1, 0.15) is 0 Å². The highest BCUT2D eigenvalue weighted by Crippen LogP contribution is 2.64. The fraction of sp³-hybridized carbons (Fsp3) is 0.391. The van der Waals surface area contributed by atoms with Crippen molar-refractivity contribution in [1.29, 1.82) is 0 Å². The van der Waals surface area contributed by atoms with Gasteiger partial charge in [0.25, 0.3) is 5.91 Å². The fourth-order valence-electron chi connectivity index (χ4n) is 4.46. The quantitative estimate of drug-likeness (QED) is 0.289. The maximum absolute atomic E-state index is 12.7. The summed E-state index contributed by atoms with van der Waals surface area (Å²) in [5, 5.41) is 14.8. The summed E-state index contributed by atoms with van der Waals surface area (Å²) in [5.74, 6) is -1.35. The van der Waals surface area contributed by atoms with Gasteiger partial charge in [-0.15, -0.1) is 0 Å². The van der Waals surface area contributed by atoms with Crippen LogP contribution in [0.3, 0.4) is 0 Å². The molecule has 9 nitrogen and oxygen atoms in total. The Morgan fingerprint density at radius 2 is 1.82 bits per heavy atom. The van der Waals surface area contributed by atoms with Crippen molar-refractivity contribution in [3.8, 4) is 0 Å². The van der Waals surface area contributed by atoms with Crippen LogP contribution in [0.1, 0.15) is 29.8 Å². The number of amides is 2. The van der Waals surface area contributed by atoms with Crippen molar-refractivity contribution < 1.29 is 23.9 Å². The highest BCUT2D eigenvalue weighted by atomic mass is 32.3. The summed E-state index contributed by atoms with van der Waals surface area (Å²) in [6.07, 6.45) is 0.